The summed E-state index contributed by atoms with van der Waals surface area (Å²) in [6.07, 6.45) is 0. The molecule has 2 heterocycles. The Morgan fingerprint density at radius 2 is 1.90 bits per heavy atom. The summed E-state index contributed by atoms with van der Waals surface area (Å²) < 4.78 is 1.62. The third kappa shape index (κ3) is 2.93. The summed E-state index contributed by atoms with van der Waals surface area (Å²) in [6, 6.07) is 3.46. The van der Waals surface area contributed by atoms with Crippen LogP contribution in [0.25, 0.3) is 0 Å². The summed E-state index contributed by atoms with van der Waals surface area (Å²) in [7, 11) is 5.45. The molecule has 0 bridgehead atoms. The Labute approximate surface area is 117 Å². The first-order valence-corrected chi connectivity index (χ1v) is 6.22. The van der Waals surface area contributed by atoms with E-state index in [1.54, 1.807) is 28.8 Å². The number of nitrogens with one attached hydrogen (secondary N) is 1. The molecule has 7 nitrogen and oxygen atoms in total. The third-order valence-corrected chi connectivity index (χ3v) is 2.72. The van der Waals surface area contributed by atoms with Crippen molar-refractivity contribution < 1.29 is 4.79 Å². The van der Waals surface area contributed by atoms with E-state index in [4.69, 9.17) is 0 Å². The molecule has 0 aliphatic rings. The van der Waals surface area contributed by atoms with Gasteiger partial charge in [-0.3, -0.25) is 9.48 Å². The second-order valence-corrected chi connectivity index (χ2v) is 4.84. The molecule has 0 saturated heterocycles. The summed E-state index contributed by atoms with van der Waals surface area (Å²) >= 11 is 0. The van der Waals surface area contributed by atoms with Crippen LogP contribution >= 0.6 is 0 Å². The number of amides is 1. The highest BCUT2D eigenvalue weighted by molar-refractivity contribution is 6.02. The number of aromatic nitrogens is 4. The zero-order chi connectivity index (χ0) is 14.9. The van der Waals surface area contributed by atoms with Gasteiger partial charge in [0.15, 0.2) is 0 Å². The van der Waals surface area contributed by atoms with E-state index in [1.807, 2.05) is 27.9 Å². The largest absolute Gasteiger partial charge is 0.347 e. The molecule has 20 heavy (non-hydrogen) atoms. The van der Waals surface area contributed by atoms with Gasteiger partial charge in [0.1, 0.15) is 11.5 Å². The van der Waals surface area contributed by atoms with Crippen LogP contribution in [0.1, 0.15) is 21.9 Å². The second-order valence-electron chi connectivity index (χ2n) is 4.84. The van der Waals surface area contributed by atoms with Gasteiger partial charge in [-0.05, 0) is 19.9 Å². The second kappa shape index (κ2) is 5.28. The van der Waals surface area contributed by atoms with E-state index in [0.717, 1.165) is 11.4 Å². The van der Waals surface area contributed by atoms with Crippen LogP contribution in [-0.2, 0) is 7.05 Å². The number of hydrogen-bond donors (Lipinski definition) is 1. The molecule has 2 aromatic rings. The van der Waals surface area contributed by atoms with Crippen LogP contribution < -0.4 is 10.2 Å². The molecule has 0 aliphatic heterocycles. The normalized spacial score (nSPS) is 10.4. The van der Waals surface area contributed by atoms with Crippen molar-refractivity contribution >= 4 is 17.7 Å². The quantitative estimate of drug-likeness (QED) is 0.908. The van der Waals surface area contributed by atoms with E-state index in [0.29, 0.717) is 17.5 Å². The van der Waals surface area contributed by atoms with Gasteiger partial charge in [-0.1, -0.05) is 0 Å². The van der Waals surface area contributed by atoms with Gasteiger partial charge in [-0.2, -0.15) is 5.10 Å². The average molecular weight is 274 g/mol. The molecule has 0 aromatic carbocycles. The smallest absolute Gasteiger partial charge is 0.275 e. The van der Waals surface area contributed by atoms with Crippen molar-refractivity contribution in [2.75, 3.05) is 24.3 Å². The van der Waals surface area contributed by atoms with E-state index in [2.05, 4.69) is 20.4 Å². The van der Waals surface area contributed by atoms with Crippen LogP contribution in [0.2, 0.25) is 0 Å². The fraction of sp³-hybridized carbons (Fsp3) is 0.385. The van der Waals surface area contributed by atoms with Crippen molar-refractivity contribution in [1.82, 2.24) is 19.7 Å². The summed E-state index contributed by atoms with van der Waals surface area (Å²) in [6.45, 7) is 3.70. The molecule has 7 heteroatoms. The Balaban J connectivity index is 2.27. The molecule has 0 fully saturated rings. The van der Waals surface area contributed by atoms with Gasteiger partial charge in [0.05, 0.1) is 5.69 Å². The topological polar surface area (TPSA) is 75.9 Å². The number of rotatable bonds is 3. The fourth-order valence-corrected chi connectivity index (χ4v) is 1.78. The van der Waals surface area contributed by atoms with Gasteiger partial charge in [-0.25, -0.2) is 9.97 Å². The predicted molar refractivity (Wildman–Crippen MR) is 77.0 cm³/mol. The highest BCUT2D eigenvalue weighted by Crippen LogP contribution is 2.12. The molecule has 0 spiro atoms. The molecule has 106 valence electrons. The molecular weight excluding hydrogens is 256 g/mol. The molecule has 0 saturated carbocycles. The van der Waals surface area contributed by atoms with Gasteiger partial charge in [0.2, 0.25) is 5.95 Å². The Morgan fingerprint density at radius 1 is 1.20 bits per heavy atom. The van der Waals surface area contributed by atoms with Crippen molar-refractivity contribution in [3.63, 3.8) is 0 Å². The lowest BCUT2D eigenvalue weighted by molar-refractivity contribution is 0.102. The molecular formula is C13H18N6O. The van der Waals surface area contributed by atoms with Crippen molar-refractivity contribution in [2.24, 2.45) is 7.05 Å². The molecule has 0 unspecified atom stereocenters. The van der Waals surface area contributed by atoms with Crippen molar-refractivity contribution in [1.29, 1.82) is 0 Å². The molecule has 1 N–H and O–H groups in total. The van der Waals surface area contributed by atoms with Gasteiger partial charge in [-0.15, -0.1) is 0 Å². The van der Waals surface area contributed by atoms with E-state index < -0.39 is 0 Å². The lowest BCUT2D eigenvalue weighted by atomic mass is 10.3. The zero-order valence-electron chi connectivity index (χ0n) is 12.3. The van der Waals surface area contributed by atoms with Gasteiger partial charge < -0.3 is 10.2 Å². The summed E-state index contributed by atoms with van der Waals surface area (Å²) in [4.78, 5) is 22.5. The highest BCUT2D eigenvalue weighted by Gasteiger charge is 2.13. The van der Waals surface area contributed by atoms with Gasteiger partial charge >= 0.3 is 0 Å². The molecule has 1 amide bonds. The summed E-state index contributed by atoms with van der Waals surface area (Å²) in [5, 5.41) is 6.98. The third-order valence-electron chi connectivity index (χ3n) is 2.72. The van der Waals surface area contributed by atoms with Crippen molar-refractivity contribution in [2.45, 2.75) is 13.8 Å². The van der Waals surface area contributed by atoms with Crippen LogP contribution in [0.3, 0.4) is 0 Å². The van der Waals surface area contributed by atoms with Gasteiger partial charge in [0, 0.05) is 32.9 Å². The van der Waals surface area contributed by atoms with Crippen molar-refractivity contribution in [3.05, 3.63) is 29.2 Å². The Hall–Kier alpha value is -2.44. The summed E-state index contributed by atoms with van der Waals surface area (Å²) in [5.74, 6) is 0.869. The Morgan fingerprint density at radius 3 is 2.45 bits per heavy atom. The maximum atomic E-state index is 12.2. The molecule has 0 aliphatic carbocycles. The van der Waals surface area contributed by atoms with E-state index in [1.165, 1.54) is 0 Å². The minimum Gasteiger partial charge on any atom is -0.347 e. The SMILES string of the molecule is Cc1cc(C(=O)Nc2cc(C)nn2C)nc(N(C)C)n1. The first-order valence-electron chi connectivity index (χ1n) is 6.22. The van der Waals surface area contributed by atoms with Crippen LogP contribution in [-0.4, -0.2) is 39.8 Å². The number of carbonyl (C=O) groups excluding carboxylic acids is 1. The molecule has 0 radical (unpaired) electrons. The molecule has 0 atom stereocenters. The Kier molecular flexibility index (Phi) is 3.69. The van der Waals surface area contributed by atoms with Crippen LogP contribution in [0.15, 0.2) is 12.1 Å². The Bertz CT molecular complexity index is 646. The lowest BCUT2D eigenvalue weighted by Crippen LogP contribution is -2.20. The number of nitrogens with zero attached hydrogens (tertiary/aromatic N) is 5. The standard InChI is InChI=1S/C13H18N6O/c1-8-6-10(15-13(14-8)18(3)4)12(20)16-11-7-9(2)17-19(11)5/h6-7H,1-5H3,(H,16,20). The zero-order valence-corrected chi connectivity index (χ0v) is 12.3. The monoisotopic (exact) mass is 274 g/mol. The highest BCUT2D eigenvalue weighted by atomic mass is 16.2. The number of carbonyl (C=O) groups is 1. The predicted octanol–water partition coefficient (Wildman–Crippen LogP) is 1.15. The molecule has 2 rings (SSSR count). The van der Waals surface area contributed by atoms with Gasteiger partial charge in [0.25, 0.3) is 5.91 Å². The minimum absolute atomic E-state index is 0.276. The minimum atomic E-state index is -0.276. The number of hydrogen-bond acceptors (Lipinski definition) is 5. The maximum absolute atomic E-state index is 12.2. The number of aryl methyl sites for hydroxylation is 3. The first-order chi connectivity index (χ1) is 9.36. The van der Waals surface area contributed by atoms with Crippen LogP contribution in [0.5, 0.6) is 0 Å². The van der Waals surface area contributed by atoms with E-state index in [-0.39, 0.29) is 5.91 Å². The van der Waals surface area contributed by atoms with Crippen molar-refractivity contribution in [3.8, 4) is 0 Å². The fourth-order valence-electron chi connectivity index (χ4n) is 1.78. The van der Waals surface area contributed by atoms with Crippen LogP contribution in [0.4, 0.5) is 11.8 Å². The van der Waals surface area contributed by atoms with E-state index in [9.17, 15) is 4.79 Å². The average Bonchev–Trinajstić information content (AvgIpc) is 2.66. The first kappa shape index (κ1) is 14.0. The summed E-state index contributed by atoms with van der Waals surface area (Å²) in [5.41, 5.74) is 1.92. The van der Waals surface area contributed by atoms with Crippen LogP contribution in [0, 0.1) is 13.8 Å². The lowest BCUT2D eigenvalue weighted by Gasteiger charge is -2.12. The number of anilines is 2. The van der Waals surface area contributed by atoms with E-state index >= 15 is 0 Å². The molecule has 2 aromatic heterocycles. The maximum Gasteiger partial charge on any atom is 0.275 e.